The Kier molecular flexibility index (Phi) is 4.62. The van der Waals surface area contributed by atoms with E-state index in [9.17, 15) is 0 Å². The Bertz CT molecular complexity index is 1140. The molecule has 2 aromatic heterocycles. The Hall–Kier alpha value is -2.43. The first-order valence-electron chi connectivity index (χ1n) is 8.78. The highest BCUT2D eigenvalue weighted by molar-refractivity contribution is 7.19. The van der Waals surface area contributed by atoms with Crippen molar-refractivity contribution in [3.63, 3.8) is 0 Å². The minimum absolute atomic E-state index is 0.271. The van der Waals surface area contributed by atoms with E-state index in [1.165, 1.54) is 27.1 Å². The highest BCUT2D eigenvalue weighted by Gasteiger charge is 2.21. The summed E-state index contributed by atoms with van der Waals surface area (Å²) in [7, 11) is 2.02. The molecule has 0 bridgehead atoms. The van der Waals surface area contributed by atoms with Crippen LogP contribution in [0.3, 0.4) is 0 Å². The third kappa shape index (κ3) is 3.20. The molecule has 136 valence electrons. The topological polar surface area (TPSA) is 29.0 Å². The van der Waals surface area contributed by atoms with Gasteiger partial charge in [-0.05, 0) is 61.2 Å². The Morgan fingerprint density at radius 3 is 2.37 bits per heavy atom. The molecule has 0 amide bonds. The maximum Gasteiger partial charge on any atom is 0.225 e. The lowest BCUT2D eigenvalue weighted by Gasteiger charge is -2.20. The number of hydrogen-bond donors (Lipinski definition) is 0. The van der Waals surface area contributed by atoms with Gasteiger partial charge in [-0.3, -0.25) is 0 Å². The van der Waals surface area contributed by atoms with Crippen molar-refractivity contribution < 1.29 is 0 Å². The molecule has 0 saturated carbocycles. The molecule has 3 nitrogen and oxygen atoms in total. The standard InChI is InChI=1S/C22H20ClN3S/c1-13-10-11-16(12-14(13)2)18-15(3)27-21-19(18)20(24-22(23)25-21)26(4)17-8-6-5-7-9-17/h5-12H,1-4H3. The second kappa shape index (κ2) is 6.95. The molecule has 0 fully saturated rings. The maximum atomic E-state index is 6.27. The molecule has 4 aromatic rings. The van der Waals surface area contributed by atoms with Gasteiger partial charge in [0.15, 0.2) is 0 Å². The minimum Gasteiger partial charge on any atom is -0.329 e. The molecule has 4 rings (SSSR count). The molecule has 5 heteroatoms. The van der Waals surface area contributed by atoms with Gasteiger partial charge in [0.05, 0.1) is 5.39 Å². The summed E-state index contributed by atoms with van der Waals surface area (Å²) in [6.07, 6.45) is 0. The number of aryl methyl sites for hydroxylation is 3. The van der Waals surface area contributed by atoms with Gasteiger partial charge in [0, 0.05) is 23.2 Å². The molecule has 2 heterocycles. The van der Waals surface area contributed by atoms with Crippen LogP contribution >= 0.6 is 22.9 Å². The van der Waals surface area contributed by atoms with Crippen molar-refractivity contribution in [3.8, 4) is 11.1 Å². The van der Waals surface area contributed by atoms with E-state index in [-0.39, 0.29) is 5.28 Å². The third-order valence-corrected chi connectivity index (χ3v) is 6.11. The number of nitrogens with zero attached hydrogens (tertiary/aromatic N) is 3. The number of thiophene rings is 1. The largest absolute Gasteiger partial charge is 0.329 e. The summed E-state index contributed by atoms with van der Waals surface area (Å²) >= 11 is 7.93. The van der Waals surface area contributed by atoms with E-state index in [2.05, 4.69) is 66.0 Å². The lowest BCUT2D eigenvalue weighted by atomic mass is 9.99. The second-order valence-corrected chi connectivity index (χ2v) is 8.26. The van der Waals surface area contributed by atoms with Crippen LogP contribution < -0.4 is 4.90 Å². The zero-order chi connectivity index (χ0) is 19.1. The van der Waals surface area contributed by atoms with Crippen LogP contribution in [0.5, 0.6) is 0 Å². The van der Waals surface area contributed by atoms with Crippen molar-refractivity contribution in [2.75, 3.05) is 11.9 Å². The van der Waals surface area contributed by atoms with Crippen LogP contribution in [0.1, 0.15) is 16.0 Å². The van der Waals surface area contributed by atoms with Crippen LogP contribution in [0.4, 0.5) is 11.5 Å². The molecule has 0 unspecified atom stereocenters. The zero-order valence-electron chi connectivity index (χ0n) is 15.7. The summed E-state index contributed by atoms with van der Waals surface area (Å²) in [6, 6.07) is 16.8. The Morgan fingerprint density at radius 1 is 0.926 bits per heavy atom. The van der Waals surface area contributed by atoms with E-state index in [1.54, 1.807) is 11.3 Å². The first-order chi connectivity index (χ1) is 13.0. The van der Waals surface area contributed by atoms with Crippen LogP contribution in [0.2, 0.25) is 5.28 Å². The van der Waals surface area contributed by atoms with Crippen LogP contribution in [-0.4, -0.2) is 17.0 Å². The molecule has 0 aliphatic heterocycles. The fraction of sp³-hybridized carbons (Fsp3) is 0.182. The van der Waals surface area contributed by atoms with E-state index in [0.717, 1.165) is 21.7 Å². The number of anilines is 2. The van der Waals surface area contributed by atoms with Gasteiger partial charge in [0.25, 0.3) is 0 Å². The second-order valence-electron chi connectivity index (χ2n) is 6.72. The van der Waals surface area contributed by atoms with Crippen molar-refractivity contribution in [2.45, 2.75) is 20.8 Å². The van der Waals surface area contributed by atoms with E-state index < -0.39 is 0 Å². The van der Waals surface area contributed by atoms with E-state index in [1.807, 2.05) is 25.2 Å². The highest BCUT2D eigenvalue weighted by atomic mass is 35.5. The minimum atomic E-state index is 0.271. The smallest absolute Gasteiger partial charge is 0.225 e. The molecular weight excluding hydrogens is 374 g/mol. The molecule has 0 spiro atoms. The number of hydrogen-bond acceptors (Lipinski definition) is 4. The van der Waals surface area contributed by atoms with E-state index in [0.29, 0.717) is 0 Å². The molecule has 27 heavy (non-hydrogen) atoms. The fourth-order valence-electron chi connectivity index (χ4n) is 3.33. The normalized spacial score (nSPS) is 11.1. The number of halogens is 1. The van der Waals surface area contributed by atoms with Crippen molar-refractivity contribution in [2.24, 2.45) is 0 Å². The number of benzene rings is 2. The van der Waals surface area contributed by atoms with Gasteiger partial charge in [-0.25, -0.2) is 4.98 Å². The molecule has 0 N–H and O–H groups in total. The van der Waals surface area contributed by atoms with Gasteiger partial charge in [0.1, 0.15) is 10.6 Å². The number of fused-ring (bicyclic) bond motifs is 1. The average Bonchev–Trinajstić information content (AvgIpc) is 2.99. The maximum absolute atomic E-state index is 6.27. The van der Waals surface area contributed by atoms with E-state index in [4.69, 9.17) is 11.6 Å². The SMILES string of the molecule is Cc1ccc(-c2c(C)sc3nc(Cl)nc(N(C)c4ccccc4)c23)cc1C. The number of para-hydroxylation sites is 1. The first-order valence-corrected chi connectivity index (χ1v) is 9.98. The highest BCUT2D eigenvalue weighted by Crippen LogP contribution is 2.43. The van der Waals surface area contributed by atoms with Gasteiger partial charge in [0.2, 0.25) is 5.28 Å². The van der Waals surface area contributed by atoms with E-state index >= 15 is 0 Å². The lowest BCUT2D eigenvalue weighted by Crippen LogP contribution is -2.12. The summed E-state index contributed by atoms with van der Waals surface area (Å²) in [6.45, 7) is 6.42. The average molecular weight is 394 g/mol. The predicted octanol–water partition coefficient (Wildman–Crippen LogP) is 6.70. The van der Waals surface area contributed by atoms with Crippen molar-refractivity contribution in [1.82, 2.24) is 9.97 Å². The Balaban J connectivity index is 2.01. The summed E-state index contributed by atoms with van der Waals surface area (Å²) in [4.78, 5) is 13.3. The fourth-order valence-corrected chi connectivity index (χ4v) is 4.58. The van der Waals surface area contributed by atoms with Crippen molar-refractivity contribution >= 4 is 44.7 Å². The summed E-state index contributed by atoms with van der Waals surface area (Å²) in [5.74, 6) is 0.828. The first kappa shape index (κ1) is 18.0. The van der Waals surface area contributed by atoms with Crippen LogP contribution in [0.15, 0.2) is 48.5 Å². The summed E-state index contributed by atoms with van der Waals surface area (Å²) in [5, 5.41) is 1.32. The Labute approximate surface area is 168 Å². The van der Waals surface area contributed by atoms with Gasteiger partial charge in [-0.15, -0.1) is 11.3 Å². The lowest BCUT2D eigenvalue weighted by molar-refractivity contribution is 1.12. The van der Waals surface area contributed by atoms with Crippen molar-refractivity contribution in [1.29, 1.82) is 0 Å². The van der Waals surface area contributed by atoms with Gasteiger partial charge in [-0.1, -0.05) is 36.4 Å². The van der Waals surface area contributed by atoms with Gasteiger partial charge < -0.3 is 4.90 Å². The summed E-state index contributed by atoms with van der Waals surface area (Å²) < 4.78 is 0. The molecular formula is C22H20ClN3S. The van der Waals surface area contributed by atoms with Crippen LogP contribution in [0.25, 0.3) is 21.3 Å². The molecule has 0 saturated heterocycles. The molecule has 0 atom stereocenters. The van der Waals surface area contributed by atoms with Crippen LogP contribution in [0, 0.1) is 20.8 Å². The third-order valence-electron chi connectivity index (χ3n) is 4.94. The predicted molar refractivity (Wildman–Crippen MR) is 117 cm³/mol. The monoisotopic (exact) mass is 393 g/mol. The molecule has 0 aliphatic carbocycles. The van der Waals surface area contributed by atoms with Crippen LogP contribution in [-0.2, 0) is 0 Å². The molecule has 0 radical (unpaired) electrons. The zero-order valence-corrected chi connectivity index (χ0v) is 17.3. The quantitative estimate of drug-likeness (QED) is 0.362. The number of aromatic nitrogens is 2. The number of rotatable bonds is 3. The Morgan fingerprint density at radius 2 is 1.67 bits per heavy atom. The molecule has 2 aromatic carbocycles. The van der Waals surface area contributed by atoms with Crippen molar-refractivity contribution in [3.05, 3.63) is 69.8 Å². The summed E-state index contributed by atoms with van der Waals surface area (Å²) in [5.41, 5.74) is 6.00. The molecule has 0 aliphatic rings. The van der Waals surface area contributed by atoms with Gasteiger partial charge in [-0.2, -0.15) is 4.98 Å². The van der Waals surface area contributed by atoms with Gasteiger partial charge >= 0.3 is 0 Å².